The zero-order valence-electron chi connectivity index (χ0n) is 8.77. The van der Waals surface area contributed by atoms with E-state index in [0.29, 0.717) is 12.8 Å². The van der Waals surface area contributed by atoms with Crippen molar-refractivity contribution in [3.63, 3.8) is 0 Å². The Morgan fingerprint density at radius 1 is 1.47 bits per heavy atom. The lowest BCUT2D eigenvalue weighted by Gasteiger charge is -2.12. The monoisotopic (exact) mass is 202 g/mol. The van der Waals surface area contributed by atoms with Crippen LogP contribution in [0, 0.1) is 12.3 Å². The van der Waals surface area contributed by atoms with E-state index in [1.54, 1.807) is 0 Å². The number of hydrogen-bond acceptors (Lipinski definition) is 2. The van der Waals surface area contributed by atoms with Crippen LogP contribution < -0.4 is 0 Å². The minimum atomic E-state index is -0.223. The van der Waals surface area contributed by atoms with Gasteiger partial charge in [-0.25, -0.2) is 0 Å². The molecule has 0 aliphatic carbocycles. The van der Waals surface area contributed by atoms with Gasteiger partial charge in [0.05, 0.1) is 13.5 Å². The smallest absolute Gasteiger partial charge is 0.306 e. The van der Waals surface area contributed by atoms with E-state index >= 15 is 0 Å². The highest BCUT2D eigenvalue weighted by Crippen LogP contribution is 2.23. The van der Waals surface area contributed by atoms with Gasteiger partial charge in [-0.05, 0) is 5.56 Å². The lowest BCUT2D eigenvalue weighted by molar-refractivity contribution is -0.141. The zero-order valence-corrected chi connectivity index (χ0v) is 8.77. The van der Waals surface area contributed by atoms with E-state index in [1.165, 1.54) is 7.11 Å². The van der Waals surface area contributed by atoms with Crippen LogP contribution in [0.25, 0.3) is 0 Å². The second-order valence-electron chi connectivity index (χ2n) is 3.30. The average molecular weight is 202 g/mol. The summed E-state index contributed by atoms with van der Waals surface area (Å²) in [6.07, 6.45) is 6.17. The van der Waals surface area contributed by atoms with Gasteiger partial charge in [-0.2, -0.15) is 0 Å². The van der Waals surface area contributed by atoms with Gasteiger partial charge >= 0.3 is 5.97 Å². The van der Waals surface area contributed by atoms with E-state index in [4.69, 9.17) is 6.42 Å². The standard InChI is InChI=1S/C13H14O2/c1-3-7-12(10-13(14)15-2)11-8-5-4-6-9-11/h1,4-6,8-9,12H,7,10H2,2H3. The van der Waals surface area contributed by atoms with Crippen LogP contribution in [-0.2, 0) is 9.53 Å². The van der Waals surface area contributed by atoms with Crippen LogP contribution in [0.5, 0.6) is 0 Å². The van der Waals surface area contributed by atoms with Crippen molar-refractivity contribution in [1.29, 1.82) is 0 Å². The van der Waals surface area contributed by atoms with Gasteiger partial charge in [0, 0.05) is 12.3 Å². The second kappa shape index (κ2) is 5.87. The number of rotatable bonds is 4. The van der Waals surface area contributed by atoms with E-state index in [2.05, 4.69) is 10.7 Å². The summed E-state index contributed by atoms with van der Waals surface area (Å²) in [6.45, 7) is 0. The van der Waals surface area contributed by atoms with Crippen molar-refractivity contribution in [2.45, 2.75) is 18.8 Å². The zero-order chi connectivity index (χ0) is 11.1. The van der Waals surface area contributed by atoms with Crippen LogP contribution in [0.1, 0.15) is 24.3 Å². The summed E-state index contributed by atoms with van der Waals surface area (Å²) in [5.41, 5.74) is 1.08. The topological polar surface area (TPSA) is 26.3 Å². The highest BCUT2D eigenvalue weighted by molar-refractivity contribution is 5.70. The predicted molar refractivity (Wildman–Crippen MR) is 59.3 cm³/mol. The molecule has 1 atom stereocenters. The lowest BCUT2D eigenvalue weighted by atomic mass is 9.93. The first kappa shape index (κ1) is 11.3. The van der Waals surface area contributed by atoms with Crippen LogP contribution in [0.15, 0.2) is 30.3 Å². The largest absolute Gasteiger partial charge is 0.469 e. The van der Waals surface area contributed by atoms with Gasteiger partial charge in [0.2, 0.25) is 0 Å². The molecule has 0 saturated heterocycles. The van der Waals surface area contributed by atoms with Crippen molar-refractivity contribution in [1.82, 2.24) is 0 Å². The molecule has 0 spiro atoms. The molecule has 0 aliphatic rings. The second-order valence-corrected chi connectivity index (χ2v) is 3.30. The van der Waals surface area contributed by atoms with Crippen molar-refractivity contribution < 1.29 is 9.53 Å². The fraction of sp³-hybridized carbons (Fsp3) is 0.308. The summed E-state index contributed by atoms with van der Waals surface area (Å²) >= 11 is 0. The Kier molecular flexibility index (Phi) is 4.43. The minimum Gasteiger partial charge on any atom is -0.469 e. The van der Waals surface area contributed by atoms with Gasteiger partial charge in [0.15, 0.2) is 0 Å². The highest BCUT2D eigenvalue weighted by atomic mass is 16.5. The Morgan fingerprint density at radius 3 is 2.67 bits per heavy atom. The normalized spacial score (nSPS) is 11.5. The molecule has 0 amide bonds. The number of carbonyl (C=O) groups excluding carboxylic acids is 1. The molecule has 0 aromatic heterocycles. The molecule has 0 N–H and O–H groups in total. The molecule has 0 radical (unpaired) electrons. The van der Waals surface area contributed by atoms with Crippen LogP contribution in [-0.4, -0.2) is 13.1 Å². The summed E-state index contributed by atoms with van der Waals surface area (Å²) in [6, 6.07) is 9.77. The molecule has 2 heteroatoms. The predicted octanol–water partition coefficient (Wildman–Crippen LogP) is 2.36. The van der Waals surface area contributed by atoms with E-state index < -0.39 is 0 Å². The summed E-state index contributed by atoms with van der Waals surface area (Å²) in [4.78, 5) is 11.2. The molecule has 1 aromatic rings. The van der Waals surface area contributed by atoms with Crippen molar-refractivity contribution >= 4 is 5.97 Å². The lowest BCUT2D eigenvalue weighted by Crippen LogP contribution is -2.08. The summed E-state index contributed by atoms with van der Waals surface area (Å²) < 4.78 is 4.64. The highest BCUT2D eigenvalue weighted by Gasteiger charge is 2.14. The Balaban J connectivity index is 2.75. The van der Waals surface area contributed by atoms with E-state index in [1.807, 2.05) is 30.3 Å². The van der Waals surface area contributed by atoms with Gasteiger partial charge in [-0.1, -0.05) is 30.3 Å². The number of terminal acetylenes is 1. The van der Waals surface area contributed by atoms with Gasteiger partial charge in [0.25, 0.3) is 0 Å². The fourth-order valence-corrected chi connectivity index (χ4v) is 1.46. The Labute approximate surface area is 90.3 Å². The number of ether oxygens (including phenoxy) is 1. The Bertz CT molecular complexity index is 349. The summed E-state index contributed by atoms with van der Waals surface area (Å²) in [7, 11) is 1.39. The molecule has 2 nitrogen and oxygen atoms in total. The first-order valence-electron chi connectivity index (χ1n) is 4.83. The molecular formula is C13H14O2. The molecule has 0 heterocycles. The Morgan fingerprint density at radius 2 is 2.13 bits per heavy atom. The van der Waals surface area contributed by atoms with Crippen LogP contribution >= 0.6 is 0 Å². The molecule has 0 fully saturated rings. The fourth-order valence-electron chi connectivity index (χ4n) is 1.46. The van der Waals surface area contributed by atoms with Gasteiger partial charge in [-0.15, -0.1) is 12.3 Å². The molecule has 15 heavy (non-hydrogen) atoms. The maximum absolute atomic E-state index is 11.2. The van der Waals surface area contributed by atoms with Crippen molar-refractivity contribution in [2.75, 3.05) is 7.11 Å². The molecule has 0 bridgehead atoms. The van der Waals surface area contributed by atoms with Crippen molar-refractivity contribution in [3.8, 4) is 12.3 Å². The van der Waals surface area contributed by atoms with E-state index in [9.17, 15) is 4.79 Å². The number of carbonyl (C=O) groups is 1. The average Bonchev–Trinajstić information content (AvgIpc) is 2.29. The molecule has 0 saturated carbocycles. The van der Waals surface area contributed by atoms with Crippen LogP contribution in [0.2, 0.25) is 0 Å². The van der Waals surface area contributed by atoms with Crippen LogP contribution in [0.4, 0.5) is 0 Å². The summed E-state index contributed by atoms with van der Waals surface area (Å²) in [5, 5.41) is 0. The van der Waals surface area contributed by atoms with Gasteiger partial charge in [0.1, 0.15) is 0 Å². The minimum absolute atomic E-state index is 0.0589. The molecule has 1 aromatic carbocycles. The quantitative estimate of drug-likeness (QED) is 0.553. The van der Waals surface area contributed by atoms with E-state index in [0.717, 1.165) is 5.56 Å². The maximum Gasteiger partial charge on any atom is 0.306 e. The third-order valence-electron chi connectivity index (χ3n) is 2.28. The molecule has 1 unspecified atom stereocenters. The SMILES string of the molecule is C#CCC(CC(=O)OC)c1ccccc1. The van der Waals surface area contributed by atoms with Crippen molar-refractivity contribution in [3.05, 3.63) is 35.9 Å². The number of hydrogen-bond donors (Lipinski definition) is 0. The third-order valence-corrected chi connectivity index (χ3v) is 2.28. The number of esters is 1. The van der Waals surface area contributed by atoms with Gasteiger partial charge in [-0.3, -0.25) is 4.79 Å². The molecule has 78 valence electrons. The maximum atomic E-state index is 11.2. The number of methoxy groups -OCH3 is 1. The number of benzene rings is 1. The summed E-state index contributed by atoms with van der Waals surface area (Å²) in [5.74, 6) is 2.42. The van der Waals surface area contributed by atoms with Gasteiger partial charge < -0.3 is 4.74 Å². The first-order chi connectivity index (χ1) is 7.27. The van der Waals surface area contributed by atoms with Crippen molar-refractivity contribution in [2.24, 2.45) is 0 Å². The Hall–Kier alpha value is -1.75. The molecule has 0 aliphatic heterocycles. The molecule has 1 rings (SSSR count). The third kappa shape index (κ3) is 3.47. The first-order valence-corrected chi connectivity index (χ1v) is 4.83. The molecular weight excluding hydrogens is 188 g/mol. The van der Waals surface area contributed by atoms with Crippen LogP contribution in [0.3, 0.4) is 0 Å². The van der Waals surface area contributed by atoms with E-state index in [-0.39, 0.29) is 11.9 Å².